The zero-order chi connectivity index (χ0) is 21.3. The fourth-order valence-corrected chi connectivity index (χ4v) is 4.36. The molecule has 5 nitrogen and oxygen atoms in total. The molecule has 0 saturated heterocycles. The Morgan fingerprint density at radius 2 is 2.00 bits per heavy atom. The molecule has 0 aliphatic carbocycles. The fourth-order valence-electron chi connectivity index (χ4n) is 3.57. The Hall–Kier alpha value is -2.71. The van der Waals surface area contributed by atoms with Gasteiger partial charge in [0.05, 0.1) is 11.6 Å². The maximum Gasteiger partial charge on any atom is 0.258 e. The van der Waals surface area contributed by atoms with E-state index < -0.39 is 0 Å². The van der Waals surface area contributed by atoms with Gasteiger partial charge in [0.2, 0.25) is 5.82 Å². The van der Waals surface area contributed by atoms with E-state index in [1.54, 1.807) is 17.8 Å². The van der Waals surface area contributed by atoms with Gasteiger partial charge in [-0.15, -0.1) is 11.8 Å². The predicted molar refractivity (Wildman–Crippen MR) is 121 cm³/mol. The van der Waals surface area contributed by atoms with Crippen molar-refractivity contribution in [1.82, 2.24) is 20.4 Å². The van der Waals surface area contributed by atoms with Gasteiger partial charge in [-0.05, 0) is 74.3 Å². The summed E-state index contributed by atoms with van der Waals surface area (Å²) in [5.41, 5.74) is 3.31. The standard InChI is InChI=1S/C22H21FN4OS2/c1-4-27-13(2)18(19(24-22(27)29)15-6-5-7-16(23)12-15)21-25-20(26-28-21)14-8-10-17(30-3)11-9-14/h5-12,19H,4H2,1-3H3,(H,24,29). The van der Waals surface area contributed by atoms with Gasteiger partial charge in [-0.1, -0.05) is 17.3 Å². The highest BCUT2D eigenvalue weighted by Crippen LogP contribution is 2.37. The number of nitrogens with zero attached hydrogens (tertiary/aromatic N) is 3. The molecule has 3 aromatic rings. The summed E-state index contributed by atoms with van der Waals surface area (Å²) in [6.07, 6.45) is 2.03. The number of benzene rings is 2. The van der Waals surface area contributed by atoms with Crippen LogP contribution in [0.1, 0.15) is 31.3 Å². The number of thiocarbonyl (C=S) groups is 1. The Balaban J connectivity index is 1.79. The molecule has 1 N–H and O–H groups in total. The lowest BCUT2D eigenvalue weighted by Crippen LogP contribution is -2.45. The minimum Gasteiger partial charge on any atom is -0.351 e. The summed E-state index contributed by atoms with van der Waals surface area (Å²) in [4.78, 5) is 7.79. The molecule has 154 valence electrons. The van der Waals surface area contributed by atoms with E-state index in [1.807, 2.05) is 55.3 Å². The summed E-state index contributed by atoms with van der Waals surface area (Å²) in [7, 11) is 0. The van der Waals surface area contributed by atoms with E-state index >= 15 is 0 Å². The Labute approximate surface area is 184 Å². The molecule has 2 heterocycles. The number of hydrogen-bond acceptors (Lipinski definition) is 5. The van der Waals surface area contributed by atoms with Crippen LogP contribution in [-0.4, -0.2) is 33.0 Å². The van der Waals surface area contributed by atoms with Crippen LogP contribution in [0.4, 0.5) is 4.39 Å². The summed E-state index contributed by atoms with van der Waals surface area (Å²) >= 11 is 7.21. The highest BCUT2D eigenvalue weighted by atomic mass is 32.2. The molecule has 0 radical (unpaired) electrons. The van der Waals surface area contributed by atoms with Crippen LogP contribution in [0.15, 0.2) is 63.6 Å². The van der Waals surface area contributed by atoms with Gasteiger partial charge in [0, 0.05) is 22.7 Å². The maximum atomic E-state index is 13.9. The highest BCUT2D eigenvalue weighted by molar-refractivity contribution is 7.98. The lowest BCUT2D eigenvalue weighted by molar-refractivity contribution is 0.398. The Morgan fingerprint density at radius 1 is 1.23 bits per heavy atom. The Bertz CT molecular complexity index is 1110. The average molecular weight is 441 g/mol. The van der Waals surface area contributed by atoms with Gasteiger partial charge in [0.1, 0.15) is 5.82 Å². The van der Waals surface area contributed by atoms with Crippen LogP contribution in [0.25, 0.3) is 17.0 Å². The van der Waals surface area contributed by atoms with Crippen molar-refractivity contribution in [1.29, 1.82) is 0 Å². The first-order chi connectivity index (χ1) is 14.5. The number of halogens is 1. The monoisotopic (exact) mass is 440 g/mol. The van der Waals surface area contributed by atoms with Gasteiger partial charge in [0.25, 0.3) is 5.89 Å². The van der Waals surface area contributed by atoms with E-state index in [2.05, 4.69) is 15.5 Å². The SMILES string of the molecule is CCN1C(=S)NC(c2cccc(F)c2)C(c2nc(-c3ccc(SC)cc3)no2)=C1C. The van der Waals surface area contributed by atoms with Gasteiger partial charge in [-0.2, -0.15) is 4.98 Å². The summed E-state index contributed by atoms with van der Waals surface area (Å²) in [5.74, 6) is 0.585. The van der Waals surface area contributed by atoms with Crippen LogP contribution >= 0.6 is 24.0 Å². The Morgan fingerprint density at radius 3 is 2.67 bits per heavy atom. The van der Waals surface area contributed by atoms with E-state index in [9.17, 15) is 4.39 Å². The van der Waals surface area contributed by atoms with Crippen LogP contribution < -0.4 is 5.32 Å². The first-order valence-electron chi connectivity index (χ1n) is 9.54. The molecule has 1 aliphatic heterocycles. The van der Waals surface area contributed by atoms with E-state index in [0.29, 0.717) is 23.4 Å². The molecule has 0 fully saturated rings. The van der Waals surface area contributed by atoms with Crippen molar-refractivity contribution < 1.29 is 8.91 Å². The first-order valence-corrected chi connectivity index (χ1v) is 11.2. The molecular formula is C22H21FN4OS2. The molecule has 1 unspecified atom stereocenters. The van der Waals surface area contributed by atoms with Gasteiger partial charge >= 0.3 is 0 Å². The quantitative estimate of drug-likeness (QED) is 0.428. The third-order valence-corrected chi connectivity index (χ3v) is 6.18. The molecular weight excluding hydrogens is 419 g/mol. The van der Waals surface area contributed by atoms with Crippen LogP contribution in [0.5, 0.6) is 0 Å². The molecule has 30 heavy (non-hydrogen) atoms. The number of hydrogen-bond donors (Lipinski definition) is 1. The summed E-state index contributed by atoms with van der Waals surface area (Å²) in [6.45, 7) is 4.67. The van der Waals surface area contributed by atoms with E-state index in [4.69, 9.17) is 16.7 Å². The fraction of sp³-hybridized carbons (Fsp3) is 0.227. The molecule has 0 saturated carbocycles. The topological polar surface area (TPSA) is 54.2 Å². The minimum atomic E-state index is -0.386. The Kier molecular flexibility index (Phi) is 5.87. The average Bonchev–Trinajstić information content (AvgIpc) is 3.23. The second-order valence-electron chi connectivity index (χ2n) is 6.83. The van der Waals surface area contributed by atoms with Gasteiger partial charge in [-0.25, -0.2) is 4.39 Å². The third kappa shape index (κ3) is 3.85. The smallest absolute Gasteiger partial charge is 0.258 e. The van der Waals surface area contributed by atoms with Crippen LogP contribution in [0.2, 0.25) is 0 Å². The zero-order valence-corrected chi connectivity index (χ0v) is 18.5. The van der Waals surface area contributed by atoms with Crippen molar-refractivity contribution in [3.05, 3.63) is 71.5 Å². The zero-order valence-electron chi connectivity index (χ0n) is 16.8. The second kappa shape index (κ2) is 8.57. The van der Waals surface area contributed by atoms with Crippen LogP contribution in [-0.2, 0) is 0 Å². The summed E-state index contributed by atoms with van der Waals surface area (Å²) in [5, 5.41) is 8.08. The molecule has 2 aromatic carbocycles. The molecule has 1 aliphatic rings. The molecule has 1 aromatic heterocycles. The van der Waals surface area contributed by atoms with E-state index in [0.717, 1.165) is 27.3 Å². The second-order valence-corrected chi connectivity index (χ2v) is 8.10. The largest absolute Gasteiger partial charge is 0.351 e. The third-order valence-electron chi connectivity index (χ3n) is 5.10. The number of thioether (sulfide) groups is 1. The lowest BCUT2D eigenvalue weighted by atomic mass is 9.95. The number of nitrogens with one attached hydrogen (secondary N) is 1. The molecule has 4 rings (SSSR count). The predicted octanol–water partition coefficient (Wildman–Crippen LogP) is 5.28. The van der Waals surface area contributed by atoms with Crippen molar-refractivity contribution in [3.8, 4) is 11.4 Å². The van der Waals surface area contributed by atoms with Gasteiger partial charge in [0.15, 0.2) is 5.11 Å². The molecule has 0 amide bonds. The van der Waals surface area contributed by atoms with Gasteiger partial charge in [-0.3, -0.25) is 0 Å². The van der Waals surface area contributed by atoms with Crippen molar-refractivity contribution in [2.45, 2.75) is 24.8 Å². The number of allylic oxidation sites excluding steroid dienone is 1. The molecule has 0 bridgehead atoms. The van der Waals surface area contributed by atoms with Crippen molar-refractivity contribution in [2.75, 3.05) is 12.8 Å². The van der Waals surface area contributed by atoms with Gasteiger partial charge < -0.3 is 14.7 Å². The summed E-state index contributed by atoms with van der Waals surface area (Å²) in [6, 6.07) is 14.1. The normalized spacial score (nSPS) is 16.7. The van der Waals surface area contributed by atoms with Crippen molar-refractivity contribution in [2.24, 2.45) is 0 Å². The number of aromatic nitrogens is 2. The number of rotatable bonds is 5. The minimum absolute atomic E-state index is 0.310. The van der Waals surface area contributed by atoms with E-state index in [-0.39, 0.29) is 11.9 Å². The molecule has 0 spiro atoms. The lowest BCUT2D eigenvalue weighted by Gasteiger charge is -2.36. The van der Waals surface area contributed by atoms with Crippen molar-refractivity contribution in [3.63, 3.8) is 0 Å². The van der Waals surface area contributed by atoms with Crippen LogP contribution in [0, 0.1) is 5.82 Å². The first kappa shape index (κ1) is 20.6. The highest BCUT2D eigenvalue weighted by Gasteiger charge is 2.33. The molecule has 1 atom stereocenters. The molecule has 8 heteroatoms. The van der Waals surface area contributed by atoms with Crippen LogP contribution in [0.3, 0.4) is 0 Å². The van der Waals surface area contributed by atoms with E-state index in [1.165, 1.54) is 12.1 Å². The van der Waals surface area contributed by atoms with Crippen molar-refractivity contribution >= 4 is 34.7 Å². The maximum absolute atomic E-state index is 13.9. The summed E-state index contributed by atoms with van der Waals surface area (Å²) < 4.78 is 19.6.